The maximum Gasteiger partial charge on any atom is 0.388 e. The molecular weight excluding hydrogens is 210 g/mol. The van der Waals surface area contributed by atoms with Gasteiger partial charge < -0.3 is 10.1 Å². The summed E-state index contributed by atoms with van der Waals surface area (Å²) in [5.74, 6) is -0.383. The monoisotopic (exact) mass is 217 g/mol. The van der Waals surface area contributed by atoms with Crippen LogP contribution in [-0.4, -0.2) is 19.0 Å². The molecule has 0 spiro atoms. The van der Waals surface area contributed by atoms with Crippen molar-refractivity contribution in [1.29, 1.82) is 0 Å². The number of hydrogen-bond acceptors (Lipinski definition) is 6. The van der Waals surface area contributed by atoms with Crippen molar-refractivity contribution in [2.24, 2.45) is 0 Å². The second-order valence-electron chi connectivity index (χ2n) is 2.84. The fourth-order valence-electron chi connectivity index (χ4n) is 1.28. The molecule has 2 rings (SSSR count). The standard InChI is InChI=1S/C6H7N3O4S/c10-9(11)6-5-4(1-2-7-6)3-14(12,13)8-5/h1-2,8,12-13H,3H2. The normalized spacial score (nSPS) is 19.6. The molecule has 0 radical (unpaired) electrons. The number of nitrogens with zero attached hydrogens (tertiary/aromatic N) is 2. The van der Waals surface area contributed by atoms with Crippen molar-refractivity contribution < 1.29 is 14.0 Å². The quantitative estimate of drug-likeness (QED) is 0.486. The topological polar surface area (TPSA) is 109 Å². The molecule has 14 heavy (non-hydrogen) atoms. The Balaban J connectivity index is 2.52. The van der Waals surface area contributed by atoms with Gasteiger partial charge in [0.25, 0.3) is 0 Å². The van der Waals surface area contributed by atoms with Crippen LogP contribution in [0.1, 0.15) is 5.56 Å². The second kappa shape index (κ2) is 2.80. The molecule has 0 atom stereocenters. The number of aromatic nitrogens is 1. The Kier molecular flexibility index (Phi) is 1.84. The summed E-state index contributed by atoms with van der Waals surface area (Å²) in [5.41, 5.74) is 0.615. The van der Waals surface area contributed by atoms with Crippen LogP contribution in [-0.2, 0) is 5.75 Å². The summed E-state index contributed by atoms with van der Waals surface area (Å²) in [7, 11) is -2.96. The van der Waals surface area contributed by atoms with Gasteiger partial charge in [0.2, 0.25) is 0 Å². The molecule has 0 saturated carbocycles. The highest BCUT2D eigenvalue weighted by atomic mass is 32.3. The van der Waals surface area contributed by atoms with Crippen LogP contribution >= 0.6 is 10.8 Å². The van der Waals surface area contributed by atoms with E-state index in [1.54, 1.807) is 0 Å². The van der Waals surface area contributed by atoms with E-state index in [0.29, 0.717) is 5.56 Å². The predicted octanol–water partition coefficient (Wildman–Crippen LogP) is 1.58. The Hall–Kier alpha value is -1.38. The summed E-state index contributed by atoms with van der Waals surface area (Å²) in [6.07, 6.45) is 1.28. The first-order valence-electron chi connectivity index (χ1n) is 3.65. The molecule has 8 heteroatoms. The van der Waals surface area contributed by atoms with Gasteiger partial charge in [-0.3, -0.25) is 13.8 Å². The van der Waals surface area contributed by atoms with Crippen molar-refractivity contribution in [1.82, 2.24) is 4.98 Å². The molecular formula is C6H7N3O4S. The van der Waals surface area contributed by atoms with Gasteiger partial charge in [0.05, 0.1) is 5.75 Å². The highest BCUT2D eigenvalue weighted by Crippen LogP contribution is 2.52. The van der Waals surface area contributed by atoms with Gasteiger partial charge in [-0.05, 0) is 16.0 Å². The van der Waals surface area contributed by atoms with E-state index in [2.05, 4.69) is 9.71 Å². The van der Waals surface area contributed by atoms with Gasteiger partial charge in [-0.1, -0.05) is 0 Å². The maximum absolute atomic E-state index is 10.5. The van der Waals surface area contributed by atoms with Gasteiger partial charge in [-0.15, -0.1) is 10.8 Å². The lowest BCUT2D eigenvalue weighted by Crippen LogP contribution is -2.03. The third-order valence-electron chi connectivity index (χ3n) is 1.81. The lowest BCUT2D eigenvalue weighted by atomic mass is 10.2. The van der Waals surface area contributed by atoms with Crippen LogP contribution in [0.15, 0.2) is 12.3 Å². The molecule has 0 aliphatic carbocycles. The number of pyridine rings is 1. The van der Waals surface area contributed by atoms with E-state index in [1.165, 1.54) is 12.3 Å². The van der Waals surface area contributed by atoms with E-state index in [-0.39, 0.29) is 17.3 Å². The van der Waals surface area contributed by atoms with Crippen molar-refractivity contribution >= 4 is 22.3 Å². The molecule has 7 nitrogen and oxygen atoms in total. The van der Waals surface area contributed by atoms with Crippen molar-refractivity contribution in [3.63, 3.8) is 0 Å². The Morgan fingerprint density at radius 2 is 2.36 bits per heavy atom. The Bertz CT molecular complexity index is 408. The van der Waals surface area contributed by atoms with Gasteiger partial charge in [0, 0.05) is 5.56 Å². The van der Waals surface area contributed by atoms with Crippen molar-refractivity contribution in [2.45, 2.75) is 5.75 Å². The van der Waals surface area contributed by atoms with Crippen molar-refractivity contribution in [3.05, 3.63) is 27.9 Å². The van der Waals surface area contributed by atoms with Gasteiger partial charge in [-0.2, -0.15) is 0 Å². The van der Waals surface area contributed by atoms with Gasteiger partial charge in [0.1, 0.15) is 6.20 Å². The van der Waals surface area contributed by atoms with Crippen LogP contribution < -0.4 is 4.72 Å². The molecule has 0 fully saturated rings. The minimum Gasteiger partial charge on any atom is -0.358 e. The minimum atomic E-state index is -2.96. The maximum atomic E-state index is 10.5. The van der Waals surface area contributed by atoms with Crippen LogP contribution in [0.2, 0.25) is 0 Å². The molecule has 1 aromatic rings. The molecule has 1 aliphatic rings. The summed E-state index contributed by atoms with van der Waals surface area (Å²) in [5, 5.41) is 10.5. The third kappa shape index (κ3) is 1.39. The first-order valence-corrected chi connectivity index (χ1v) is 5.37. The van der Waals surface area contributed by atoms with Crippen LogP contribution in [0.25, 0.3) is 0 Å². The van der Waals surface area contributed by atoms with Crippen molar-refractivity contribution in [2.75, 3.05) is 4.72 Å². The smallest absolute Gasteiger partial charge is 0.358 e. The van der Waals surface area contributed by atoms with E-state index in [1.807, 2.05) is 0 Å². The lowest BCUT2D eigenvalue weighted by molar-refractivity contribution is -0.388. The van der Waals surface area contributed by atoms with E-state index in [9.17, 15) is 19.2 Å². The Morgan fingerprint density at radius 1 is 1.64 bits per heavy atom. The number of nitrogens with one attached hydrogen (secondary N) is 1. The summed E-state index contributed by atoms with van der Waals surface area (Å²) in [4.78, 5) is 13.4. The van der Waals surface area contributed by atoms with E-state index in [4.69, 9.17) is 0 Å². The van der Waals surface area contributed by atoms with E-state index >= 15 is 0 Å². The zero-order chi connectivity index (χ0) is 10.3. The van der Waals surface area contributed by atoms with E-state index in [0.717, 1.165) is 0 Å². The number of nitro groups is 1. The first-order chi connectivity index (χ1) is 6.49. The minimum absolute atomic E-state index is 0.00824. The molecule has 0 amide bonds. The molecule has 0 saturated heterocycles. The molecule has 1 aromatic heterocycles. The highest BCUT2D eigenvalue weighted by molar-refractivity contribution is 8.25. The molecule has 3 N–H and O–H groups in total. The summed E-state index contributed by atoms with van der Waals surface area (Å²) < 4.78 is 20.9. The molecule has 0 unspecified atom stereocenters. The average molecular weight is 217 g/mol. The van der Waals surface area contributed by atoms with Gasteiger partial charge >= 0.3 is 5.82 Å². The molecule has 0 bridgehead atoms. The molecule has 0 aromatic carbocycles. The average Bonchev–Trinajstić information content (AvgIpc) is 2.36. The summed E-state index contributed by atoms with van der Waals surface area (Å²) in [6.45, 7) is 0. The number of fused-ring (bicyclic) bond motifs is 1. The fraction of sp³-hybridized carbons (Fsp3) is 0.167. The van der Waals surface area contributed by atoms with Gasteiger partial charge in [0.15, 0.2) is 5.69 Å². The van der Waals surface area contributed by atoms with Crippen LogP contribution in [0, 0.1) is 10.1 Å². The van der Waals surface area contributed by atoms with Crippen LogP contribution in [0.5, 0.6) is 0 Å². The fourth-order valence-corrected chi connectivity index (χ4v) is 2.57. The van der Waals surface area contributed by atoms with E-state index < -0.39 is 15.7 Å². The predicted molar refractivity (Wildman–Crippen MR) is 51.1 cm³/mol. The first kappa shape index (κ1) is 9.19. The van der Waals surface area contributed by atoms with Crippen LogP contribution in [0.4, 0.5) is 11.5 Å². The van der Waals surface area contributed by atoms with Crippen molar-refractivity contribution in [3.8, 4) is 0 Å². The SMILES string of the molecule is O=[N+]([O-])c1nccc2c1NS(O)(O)C2. The van der Waals surface area contributed by atoms with Crippen LogP contribution in [0.3, 0.4) is 0 Å². The zero-order valence-corrected chi connectivity index (χ0v) is 7.69. The molecule has 76 valence electrons. The summed E-state index contributed by atoms with van der Waals surface area (Å²) in [6, 6.07) is 1.52. The number of hydrogen-bond donors (Lipinski definition) is 3. The van der Waals surface area contributed by atoms with Gasteiger partial charge in [-0.25, -0.2) is 0 Å². The highest BCUT2D eigenvalue weighted by Gasteiger charge is 2.31. The Morgan fingerprint density at radius 3 is 3.00 bits per heavy atom. The largest absolute Gasteiger partial charge is 0.388 e. The number of rotatable bonds is 1. The number of anilines is 1. The Labute approximate surface area is 80.4 Å². The molecule has 1 aliphatic heterocycles. The third-order valence-corrected chi connectivity index (χ3v) is 3.06. The lowest BCUT2D eigenvalue weighted by Gasteiger charge is -2.25. The molecule has 2 heterocycles. The summed E-state index contributed by atoms with van der Waals surface area (Å²) >= 11 is 0. The second-order valence-corrected chi connectivity index (χ2v) is 4.67. The zero-order valence-electron chi connectivity index (χ0n) is 6.88.